The molecule has 2 N–H and O–H groups in total. The Hall–Kier alpha value is -3.97. The number of benzene rings is 3. The summed E-state index contributed by atoms with van der Waals surface area (Å²) >= 11 is 1.33. The van der Waals surface area contributed by atoms with E-state index in [-0.39, 0.29) is 6.10 Å². The lowest BCUT2D eigenvalue weighted by Crippen LogP contribution is -2.19. The maximum Gasteiger partial charge on any atom is 0.412 e. The normalized spacial score (nSPS) is 14.6. The Morgan fingerprint density at radius 2 is 1.53 bits per heavy atom. The fourth-order valence-corrected chi connectivity index (χ4v) is 5.20. The van der Waals surface area contributed by atoms with E-state index in [9.17, 15) is 14.7 Å². The van der Waals surface area contributed by atoms with Crippen molar-refractivity contribution in [1.29, 1.82) is 0 Å². The molecule has 5 rings (SSSR count). The van der Waals surface area contributed by atoms with Crippen LogP contribution in [-0.2, 0) is 14.9 Å². The van der Waals surface area contributed by atoms with E-state index in [1.54, 1.807) is 0 Å². The molecule has 1 unspecified atom stereocenters. The predicted molar refractivity (Wildman–Crippen MR) is 141 cm³/mol. The van der Waals surface area contributed by atoms with Crippen molar-refractivity contribution in [3.05, 3.63) is 95.7 Å². The van der Waals surface area contributed by atoms with E-state index in [2.05, 4.69) is 9.69 Å². The first-order valence-electron chi connectivity index (χ1n) is 11.8. The van der Waals surface area contributed by atoms with Crippen molar-refractivity contribution in [2.45, 2.75) is 38.2 Å². The van der Waals surface area contributed by atoms with Crippen molar-refractivity contribution in [2.75, 3.05) is 5.32 Å². The number of amides is 1. The summed E-state index contributed by atoms with van der Waals surface area (Å²) in [4.78, 5) is 25.1. The minimum Gasteiger partial charge on any atom is -0.481 e. The third-order valence-corrected chi connectivity index (χ3v) is 7.71. The maximum absolute atomic E-state index is 12.6. The van der Waals surface area contributed by atoms with Crippen LogP contribution in [0.1, 0.15) is 42.7 Å². The molecule has 1 aromatic heterocycles. The highest BCUT2D eigenvalue weighted by atomic mass is 32.1. The lowest BCUT2D eigenvalue weighted by atomic mass is 9.93. The molecule has 182 valence electrons. The zero-order valence-electron chi connectivity index (χ0n) is 20.0. The highest BCUT2D eigenvalue weighted by Crippen LogP contribution is 2.48. The summed E-state index contributed by atoms with van der Waals surface area (Å²) < 4.78 is 10.0. The molecule has 1 aliphatic carbocycles. The summed E-state index contributed by atoms with van der Waals surface area (Å²) in [7, 11) is 0. The Morgan fingerprint density at radius 3 is 2.11 bits per heavy atom. The number of carboxylic acid groups (broad SMARTS) is 1. The first kappa shape index (κ1) is 23.8. The Balaban J connectivity index is 1.30. The van der Waals surface area contributed by atoms with Gasteiger partial charge in [-0.2, -0.15) is 4.37 Å². The minimum atomic E-state index is -0.748. The van der Waals surface area contributed by atoms with Gasteiger partial charge in [-0.25, -0.2) is 4.79 Å². The van der Waals surface area contributed by atoms with Crippen LogP contribution in [0.3, 0.4) is 0 Å². The summed E-state index contributed by atoms with van der Waals surface area (Å²) in [5.74, 6) is -0.748. The topological polar surface area (TPSA) is 88.5 Å². The second-order valence-corrected chi connectivity index (χ2v) is 9.87. The molecule has 1 aliphatic rings. The van der Waals surface area contributed by atoms with Crippen molar-refractivity contribution >= 4 is 29.3 Å². The molecule has 36 heavy (non-hydrogen) atoms. The molecule has 0 bridgehead atoms. The van der Waals surface area contributed by atoms with Gasteiger partial charge in [-0.3, -0.25) is 10.1 Å². The summed E-state index contributed by atoms with van der Waals surface area (Å²) in [5, 5.41) is 12.4. The van der Waals surface area contributed by atoms with Gasteiger partial charge >= 0.3 is 12.1 Å². The van der Waals surface area contributed by atoms with Crippen molar-refractivity contribution in [2.24, 2.45) is 0 Å². The van der Waals surface area contributed by atoms with Crippen LogP contribution in [0.2, 0.25) is 0 Å². The van der Waals surface area contributed by atoms with Gasteiger partial charge in [-0.05, 0) is 66.0 Å². The highest BCUT2D eigenvalue weighted by molar-refractivity contribution is 7.10. The van der Waals surface area contributed by atoms with Crippen LogP contribution in [0.4, 0.5) is 10.5 Å². The van der Waals surface area contributed by atoms with Gasteiger partial charge in [0, 0.05) is 0 Å². The Morgan fingerprint density at radius 1 is 0.944 bits per heavy atom. The van der Waals surface area contributed by atoms with E-state index >= 15 is 0 Å². The fraction of sp³-hybridized carbons (Fsp3) is 0.207. The molecule has 1 atom stereocenters. The molecule has 1 saturated carbocycles. The monoisotopic (exact) mass is 498 g/mol. The van der Waals surface area contributed by atoms with E-state index < -0.39 is 17.5 Å². The van der Waals surface area contributed by atoms with E-state index in [0.717, 1.165) is 38.4 Å². The number of hydrogen-bond donors (Lipinski definition) is 2. The predicted octanol–water partition coefficient (Wildman–Crippen LogP) is 7.21. The first-order chi connectivity index (χ1) is 17.4. The number of hydrogen-bond acceptors (Lipinski definition) is 5. The summed E-state index contributed by atoms with van der Waals surface area (Å²) in [5.41, 5.74) is 5.44. The lowest BCUT2D eigenvalue weighted by molar-refractivity contribution is -0.140. The molecule has 7 heteroatoms. The molecule has 1 heterocycles. The second kappa shape index (κ2) is 9.59. The van der Waals surface area contributed by atoms with Crippen LogP contribution in [0.5, 0.6) is 0 Å². The quantitative estimate of drug-likeness (QED) is 0.281. The summed E-state index contributed by atoms with van der Waals surface area (Å²) in [6.45, 7) is 3.70. The largest absolute Gasteiger partial charge is 0.481 e. The number of ether oxygens (including phenoxy) is 1. The van der Waals surface area contributed by atoms with Crippen molar-refractivity contribution in [3.63, 3.8) is 0 Å². The average Bonchev–Trinajstić information content (AvgIpc) is 3.64. The third-order valence-electron chi connectivity index (χ3n) is 6.72. The van der Waals surface area contributed by atoms with Gasteiger partial charge in [-0.1, -0.05) is 78.9 Å². The fourth-order valence-electron chi connectivity index (χ4n) is 4.34. The standard InChI is InChI=1S/C29H26N2O4S/c1-18-25(30-28(34)35-19(2)20-6-4-3-5-7-20)26(36-31-18)23-10-8-21(9-11-23)22-12-14-24(15-13-22)29(16-17-29)27(32)33/h3-15,19H,16-17H2,1-2H3,(H,30,34)(H,32,33). The van der Waals surface area contributed by atoms with Crippen LogP contribution in [0.25, 0.3) is 21.6 Å². The van der Waals surface area contributed by atoms with Gasteiger partial charge in [0.25, 0.3) is 0 Å². The van der Waals surface area contributed by atoms with E-state index in [1.165, 1.54) is 11.5 Å². The van der Waals surface area contributed by atoms with Crippen molar-refractivity contribution in [3.8, 4) is 21.6 Å². The Kier molecular flexibility index (Phi) is 6.33. The average molecular weight is 499 g/mol. The molecule has 0 spiro atoms. The molecule has 1 fully saturated rings. The number of carboxylic acids is 1. The summed E-state index contributed by atoms with van der Waals surface area (Å²) in [6, 6.07) is 25.4. The molecular weight excluding hydrogens is 472 g/mol. The van der Waals surface area contributed by atoms with Gasteiger partial charge in [-0.15, -0.1) is 0 Å². The van der Waals surface area contributed by atoms with Gasteiger partial charge < -0.3 is 9.84 Å². The van der Waals surface area contributed by atoms with E-state index in [1.807, 2.05) is 92.7 Å². The van der Waals surface area contributed by atoms with Crippen LogP contribution in [-0.4, -0.2) is 21.5 Å². The smallest absolute Gasteiger partial charge is 0.412 e. The third kappa shape index (κ3) is 4.62. The molecule has 4 aromatic rings. The highest BCUT2D eigenvalue weighted by Gasteiger charge is 2.51. The number of aliphatic carboxylic acids is 1. The zero-order valence-corrected chi connectivity index (χ0v) is 20.8. The van der Waals surface area contributed by atoms with Crippen molar-refractivity contribution < 1.29 is 19.4 Å². The number of nitrogens with one attached hydrogen (secondary N) is 1. The molecule has 0 saturated heterocycles. The van der Waals surface area contributed by atoms with E-state index in [0.29, 0.717) is 18.5 Å². The van der Waals surface area contributed by atoms with Crippen LogP contribution >= 0.6 is 11.5 Å². The first-order valence-corrected chi connectivity index (χ1v) is 12.6. The lowest BCUT2D eigenvalue weighted by Gasteiger charge is -2.15. The van der Waals surface area contributed by atoms with Crippen LogP contribution in [0.15, 0.2) is 78.9 Å². The molecule has 0 radical (unpaired) electrons. The number of rotatable bonds is 7. The minimum absolute atomic E-state index is 0.377. The Bertz CT molecular complexity index is 1390. The van der Waals surface area contributed by atoms with Gasteiger partial charge in [0.1, 0.15) is 6.10 Å². The maximum atomic E-state index is 12.6. The molecule has 3 aromatic carbocycles. The number of carbonyl (C=O) groups excluding carboxylic acids is 1. The molecule has 6 nitrogen and oxygen atoms in total. The van der Waals surface area contributed by atoms with Gasteiger partial charge in [0.15, 0.2) is 0 Å². The van der Waals surface area contributed by atoms with Crippen molar-refractivity contribution in [1.82, 2.24) is 4.37 Å². The van der Waals surface area contributed by atoms with Crippen LogP contribution in [0, 0.1) is 6.92 Å². The second-order valence-electron chi connectivity index (χ2n) is 9.10. The number of aryl methyl sites for hydroxylation is 1. The SMILES string of the molecule is Cc1nsc(-c2ccc(-c3ccc(C4(C(=O)O)CC4)cc3)cc2)c1NC(=O)OC(C)c1ccccc1. The van der Waals surface area contributed by atoms with Gasteiger partial charge in [0.05, 0.1) is 21.7 Å². The molecule has 0 aliphatic heterocycles. The molecular formula is C29H26N2O4S. The van der Waals surface area contributed by atoms with Crippen LogP contribution < -0.4 is 5.32 Å². The van der Waals surface area contributed by atoms with Gasteiger partial charge in [0.2, 0.25) is 0 Å². The number of carbonyl (C=O) groups is 2. The summed E-state index contributed by atoms with van der Waals surface area (Å²) in [6.07, 6.45) is 0.485. The number of nitrogens with zero attached hydrogens (tertiary/aromatic N) is 1. The van der Waals surface area contributed by atoms with E-state index in [4.69, 9.17) is 4.74 Å². The molecule has 1 amide bonds. The number of aromatic nitrogens is 1. The Labute approximate surface area is 213 Å². The number of anilines is 1. The zero-order chi connectivity index (χ0) is 25.3.